The third-order valence-electron chi connectivity index (χ3n) is 5.25. The highest BCUT2D eigenvalue weighted by atomic mass is 35.5. The van der Waals surface area contributed by atoms with E-state index in [9.17, 15) is 4.79 Å². The predicted octanol–water partition coefficient (Wildman–Crippen LogP) is 4.99. The first kappa shape index (κ1) is 21.0. The Morgan fingerprint density at radius 1 is 1.13 bits per heavy atom. The minimum absolute atomic E-state index is 0.0269. The SMILES string of the molecule is CC(C)(C)c1nc2c(c(=O)[nH]1)CN(Cc1ccc(-c3cc(Cl)cc(Cl)c3)nc1)CC2. The van der Waals surface area contributed by atoms with Crippen LogP contribution in [0.2, 0.25) is 10.0 Å². The molecule has 1 aromatic carbocycles. The lowest BCUT2D eigenvalue weighted by atomic mass is 9.95. The van der Waals surface area contributed by atoms with Gasteiger partial charge in [-0.1, -0.05) is 50.0 Å². The van der Waals surface area contributed by atoms with E-state index in [0.29, 0.717) is 16.6 Å². The van der Waals surface area contributed by atoms with Crippen LogP contribution in [0.25, 0.3) is 11.3 Å². The summed E-state index contributed by atoms with van der Waals surface area (Å²) < 4.78 is 0. The third-order valence-corrected chi connectivity index (χ3v) is 5.68. The molecule has 0 saturated heterocycles. The monoisotopic (exact) mass is 442 g/mol. The quantitative estimate of drug-likeness (QED) is 0.619. The molecule has 0 unspecified atom stereocenters. The van der Waals surface area contributed by atoms with Crippen molar-refractivity contribution in [1.29, 1.82) is 0 Å². The molecular formula is C23H24Cl2N4O. The van der Waals surface area contributed by atoms with Crippen LogP contribution in [0.4, 0.5) is 0 Å². The van der Waals surface area contributed by atoms with E-state index in [1.165, 1.54) is 0 Å². The van der Waals surface area contributed by atoms with E-state index in [4.69, 9.17) is 28.2 Å². The molecule has 7 heteroatoms. The molecule has 1 aliphatic rings. The van der Waals surface area contributed by atoms with Crippen LogP contribution in [0.1, 0.15) is 43.4 Å². The molecule has 3 heterocycles. The van der Waals surface area contributed by atoms with E-state index in [0.717, 1.165) is 53.4 Å². The van der Waals surface area contributed by atoms with Crippen molar-refractivity contribution in [3.63, 3.8) is 0 Å². The lowest BCUT2D eigenvalue weighted by molar-refractivity contribution is 0.240. The maximum absolute atomic E-state index is 12.6. The van der Waals surface area contributed by atoms with Gasteiger partial charge >= 0.3 is 0 Å². The average molecular weight is 443 g/mol. The zero-order valence-electron chi connectivity index (χ0n) is 17.3. The molecule has 0 spiro atoms. The van der Waals surface area contributed by atoms with Gasteiger partial charge in [-0.05, 0) is 29.8 Å². The van der Waals surface area contributed by atoms with Crippen molar-refractivity contribution in [2.75, 3.05) is 6.54 Å². The summed E-state index contributed by atoms with van der Waals surface area (Å²) >= 11 is 12.2. The molecule has 0 aliphatic carbocycles. The molecule has 0 saturated carbocycles. The summed E-state index contributed by atoms with van der Waals surface area (Å²) in [7, 11) is 0. The lowest BCUT2D eigenvalue weighted by Crippen LogP contribution is -2.37. The summed E-state index contributed by atoms with van der Waals surface area (Å²) in [6, 6.07) is 9.43. The van der Waals surface area contributed by atoms with Crippen molar-refractivity contribution in [2.45, 2.75) is 45.7 Å². The van der Waals surface area contributed by atoms with Gasteiger partial charge < -0.3 is 4.98 Å². The number of aromatic amines is 1. The van der Waals surface area contributed by atoms with E-state index >= 15 is 0 Å². The lowest BCUT2D eigenvalue weighted by Gasteiger charge is -2.28. The number of H-pyrrole nitrogens is 1. The Balaban J connectivity index is 1.49. The molecule has 0 amide bonds. The zero-order valence-corrected chi connectivity index (χ0v) is 18.8. The highest BCUT2D eigenvalue weighted by Gasteiger charge is 2.24. The minimum atomic E-state index is -0.175. The van der Waals surface area contributed by atoms with Gasteiger partial charge in [-0.15, -0.1) is 0 Å². The predicted molar refractivity (Wildman–Crippen MR) is 121 cm³/mol. The van der Waals surface area contributed by atoms with Gasteiger partial charge in [0.05, 0.1) is 17.0 Å². The molecule has 30 heavy (non-hydrogen) atoms. The van der Waals surface area contributed by atoms with Gasteiger partial charge in [-0.25, -0.2) is 4.98 Å². The summed E-state index contributed by atoms with van der Waals surface area (Å²) in [6.07, 6.45) is 2.64. The Labute approximate surface area is 186 Å². The van der Waals surface area contributed by atoms with Crippen LogP contribution in [0.3, 0.4) is 0 Å². The van der Waals surface area contributed by atoms with Gasteiger partial charge in [0.2, 0.25) is 0 Å². The van der Waals surface area contributed by atoms with E-state index in [1.807, 2.05) is 24.4 Å². The Kier molecular flexibility index (Phi) is 5.71. The smallest absolute Gasteiger partial charge is 0.255 e. The van der Waals surface area contributed by atoms with Crippen molar-refractivity contribution in [1.82, 2.24) is 19.9 Å². The van der Waals surface area contributed by atoms with E-state index in [2.05, 4.69) is 41.7 Å². The number of benzene rings is 1. The number of aromatic nitrogens is 3. The van der Waals surface area contributed by atoms with E-state index < -0.39 is 0 Å². The fourth-order valence-electron chi connectivity index (χ4n) is 3.62. The van der Waals surface area contributed by atoms with Crippen molar-refractivity contribution < 1.29 is 0 Å². The van der Waals surface area contributed by atoms with Gasteiger partial charge in [0.25, 0.3) is 5.56 Å². The van der Waals surface area contributed by atoms with Crippen molar-refractivity contribution in [3.05, 3.63) is 79.6 Å². The molecule has 1 N–H and O–H groups in total. The van der Waals surface area contributed by atoms with Crippen LogP contribution in [-0.4, -0.2) is 26.4 Å². The standard InChI is InChI=1S/C23H24Cl2N4O/c1-23(2,3)22-27-20-6-7-29(13-18(20)21(30)28-22)12-14-4-5-19(26-11-14)15-8-16(24)10-17(25)9-15/h4-5,8-11H,6-7,12-13H2,1-3H3,(H,27,28,30). The van der Waals surface area contributed by atoms with E-state index in [-0.39, 0.29) is 11.0 Å². The molecule has 0 radical (unpaired) electrons. The van der Waals surface area contributed by atoms with Gasteiger partial charge in [0.15, 0.2) is 0 Å². The molecule has 5 nitrogen and oxygen atoms in total. The highest BCUT2D eigenvalue weighted by molar-refractivity contribution is 6.35. The first-order valence-corrected chi connectivity index (χ1v) is 10.7. The maximum Gasteiger partial charge on any atom is 0.255 e. The molecule has 3 aromatic rings. The Morgan fingerprint density at radius 2 is 1.87 bits per heavy atom. The van der Waals surface area contributed by atoms with Crippen LogP contribution in [-0.2, 0) is 24.9 Å². The zero-order chi connectivity index (χ0) is 21.5. The fraction of sp³-hybridized carbons (Fsp3) is 0.348. The Morgan fingerprint density at radius 3 is 2.50 bits per heavy atom. The van der Waals surface area contributed by atoms with Gasteiger partial charge in [-0.2, -0.15) is 0 Å². The van der Waals surface area contributed by atoms with Gasteiger partial charge in [-0.3, -0.25) is 14.7 Å². The van der Waals surface area contributed by atoms with Crippen molar-refractivity contribution >= 4 is 23.2 Å². The van der Waals surface area contributed by atoms with Crippen molar-refractivity contribution in [3.8, 4) is 11.3 Å². The molecule has 4 rings (SSSR count). The second-order valence-corrected chi connectivity index (χ2v) is 9.63. The number of hydrogen-bond donors (Lipinski definition) is 1. The number of hydrogen-bond acceptors (Lipinski definition) is 4. The Hall–Kier alpha value is -2.21. The Bertz CT molecular complexity index is 1110. The fourth-order valence-corrected chi connectivity index (χ4v) is 4.15. The van der Waals surface area contributed by atoms with Crippen LogP contribution < -0.4 is 5.56 Å². The molecule has 0 bridgehead atoms. The molecular weight excluding hydrogens is 419 g/mol. The van der Waals surface area contributed by atoms with Gasteiger partial charge in [0.1, 0.15) is 5.82 Å². The van der Waals surface area contributed by atoms with Crippen LogP contribution in [0.15, 0.2) is 41.3 Å². The summed E-state index contributed by atoms with van der Waals surface area (Å²) in [4.78, 5) is 27.2. The average Bonchev–Trinajstić information content (AvgIpc) is 2.67. The topological polar surface area (TPSA) is 61.9 Å². The first-order valence-electron chi connectivity index (χ1n) is 9.95. The number of rotatable bonds is 3. The minimum Gasteiger partial charge on any atom is -0.310 e. The van der Waals surface area contributed by atoms with Crippen LogP contribution in [0, 0.1) is 0 Å². The van der Waals surface area contributed by atoms with Crippen molar-refractivity contribution in [2.24, 2.45) is 0 Å². The summed E-state index contributed by atoms with van der Waals surface area (Å²) in [5, 5.41) is 1.17. The molecule has 0 fully saturated rings. The summed E-state index contributed by atoms with van der Waals surface area (Å²) in [5.74, 6) is 0.751. The van der Waals surface area contributed by atoms with Crippen LogP contribution in [0.5, 0.6) is 0 Å². The van der Waals surface area contributed by atoms with E-state index in [1.54, 1.807) is 6.07 Å². The number of fused-ring (bicyclic) bond motifs is 1. The maximum atomic E-state index is 12.6. The number of nitrogens with one attached hydrogen (secondary N) is 1. The summed E-state index contributed by atoms with van der Waals surface area (Å²) in [6.45, 7) is 8.35. The number of nitrogens with zero attached hydrogens (tertiary/aromatic N) is 3. The number of pyridine rings is 1. The molecule has 2 aromatic heterocycles. The summed E-state index contributed by atoms with van der Waals surface area (Å²) in [5.41, 5.74) is 4.29. The second-order valence-electron chi connectivity index (χ2n) is 8.76. The highest BCUT2D eigenvalue weighted by Crippen LogP contribution is 2.26. The molecule has 1 aliphatic heterocycles. The van der Waals surface area contributed by atoms with Gasteiger partial charge in [0, 0.05) is 53.3 Å². The second kappa shape index (κ2) is 8.14. The first-order chi connectivity index (χ1) is 14.2. The molecule has 156 valence electrons. The largest absolute Gasteiger partial charge is 0.310 e. The third kappa shape index (κ3) is 4.59. The van der Waals surface area contributed by atoms with Crippen LogP contribution >= 0.6 is 23.2 Å². The number of halogens is 2. The normalized spacial score (nSPS) is 14.6. The molecule has 0 atom stereocenters.